The average Bonchev–Trinajstić information content (AvgIpc) is 3.30. The van der Waals surface area contributed by atoms with Crippen LogP contribution in [0.2, 0.25) is 5.02 Å². The number of halogens is 1. The third kappa shape index (κ3) is 4.27. The predicted molar refractivity (Wildman–Crippen MR) is 127 cm³/mol. The van der Waals surface area contributed by atoms with Crippen molar-refractivity contribution in [1.29, 1.82) is 0 Å². The predicted octanol–water partition coefficient (Wildman–Crippen LogP) is 5.96. The first kappa shape index (κ1) is 21.7. The summed E-state index contributed by atoms with van der Waals surface area (Å²) < 4.78 is 13.3. The van der Waals surface area contributed by atoms with E-state index in [1.807, 2.05) is 64.1 Å². The lowest BCUT2D eigenvalue weighted by Gasteiger charge is -2.13. The molecule has 0 fully saturated rings. The van der Waals surface area contributed by atoms with Gasteiger partial charge in [0.1, 0.15) is 11.3 Å². The Kier molecular flexibility index (Phi) is 6.06. The van der Waals surface area contributed by atoms with Crippen molar-refractivity contribution in [2.75, 3.05) is 6.61 Å². The Morgan fingerprint density at radius 2 is 1.97 bits per heavy atom. The van der Waals surface area contributed by atoms with Crippen LogP contribution >= 0.6 is 11.6 Å². The fraction of sp³-hybridized carbons (Fsp3) is 0.200. The van der Waals surface area contributed by atoms with E-state index in [2.05, 4.69) is 15.1 Å². The van der Waals surface area contributed by atoms with Gasteiger partial charge in [0.2, 0.25) is 0 Å². The van der Waals surface area contributed by atoms with Gasteiger partial charge in [0.15, 0.2) is 5.76 Å². The molecule has 0 spiro atoms. The maximum Gasteiger partial charge on any atom is 0.307 e. The first-order valence-electron chi connectivity index (χ1n) is 10.3. The van der Waals surface area contributed by atoms with Crippen LogP contribution in [-0.2, 0) is 0 Å². The minimum atomic E-state index is -0.421. The van der Waals surface area contributed by atoms with Gasteiger partial charge in [-0.2, -0.15) is 5.10 Å². The molecule has 0 saturated heterocycles. The highest BCUT2D eigenvalue weighted by atomic mass is 35.5. The standard InChI is InChI=1S/C25H24ClN3O3/c1-5-31-21-8-9-23-18(11-21)12-24(32-23)25(30)28-27-14-19-10-16(3)29(17(19)4)22-13-20(26)7-6-15(22)2/h6-14H,5H2,1-4H3,(H,28,30)/b27-14+. The molecular weight excluding hydrogens is 426 g/mol. The highest BCUT2D eigenvalue weighted by Gasteiger charge is 2.14. The van der Waals surface area contributed by atoms with E-state index in [0.717, 1.165) is 39.3 Å². The number of hydrogen-bond acceptors (Lipinski definition) is 4. The van der Waals surface area contributed by atoms with Crippen LogP contribution in [0.5, 0.6) is 5.75 Å². The molecule has 1 amide bonds. The molecule has 0 saturated carbocycles. The lowest BCUT2D eigenvalue weighted by atomic mass is 10.2. The van der Waals surface area contributed by atoms with Crippen LogP contribution in [0.15, 0.2) is 58.0 Å². The van der Waals surface area contributed by atoms with E-state index in [1.165, 1.54) is 0 Å². The van der Waals surface area contributed by atoms with Gasteiger partial charge < -0.3 is 13.7 Å². The second-order valence-electron chi connectivity index (χ2n) is 7.54. The van der Waals surface area contributed by atoms with Gasteiger partial charge in [0.25, 0.3) is 0 Å². The summed E-state index contributed by atoms with van der Waals surface area (Å²) in [6.45, 7) is 8.57. The highest BCUT2D eigenvalue weighted by molar-refractivity contribution is 6.30. The molecule has 4 rings (SSSR count). The maximum atomic E-state index is 12.5. The Morgan fingerprint density at radius 1 is 1.16 bits per heavy atom. The summed E-state index contributed by atoms with van der Waals surface area (Å²) in [6.07, 6.45) is 1.63. The summed E-state index contributed by atoms with van der Waals surface area (Å²) in [7, 11) is 0. The van der Waals surface area contributed by atoms with Crippen LogP contribution in [0.1, 0.15) is 40.0 Å². The summed E-state index contributed by atoms with van der Waals surface area (Å²) in [5.41, 5.74) is 8.23. The number of hydrogen-bond donors (Lipinski definition) is 1. The molecule has 0 radical (unpaired) electrons. The minimum Gasteiger partial charge on any atom is -0.494 e. The zero-order valence-electron chi connectivity index (χ0n) is 18.4. The number of nitrogens with zero attached hydrogens (tertiary/aromatic N) is 2. The van der Waals surface area contributed by atoms with Gasteiger partial charge in [-0.25, -0.2) is 5.43 Å². The smallest absolute Gasteiger partial charge is 0.307 e. The number of amides is 1. The summed E-state index contributed by atoms with van der Waals surface area (Å²) in [5.74, 6) is 0.497. The first-order chi connectivity index (χ1) is 15.4. The molecule has 0 unspecified atom stereocenters. The number of aromatic nitrogens is 1. The van der Waals surface area contributed by atoms with Crippen molar-refractivity contribution in [2.45, 2.75) is 27.7 Å². The summed E-state index contributed by atoms with van der Waals surface area (Å²) >= 11 is 6.21. The lowest BCUT2D eigenvalue weighted by Crippen LogP contribution is -2.16. The van der Waals surface area contributed by atoms with Crippen molar-refractivity contribution in [3.63, 3.8) is 0 Å². The lowest BCUT2D eigenvalue weighted by molar-refractivity contribution is 0.0929. The van der Waals surface area contributed by atoms with E-state index >= 15 is 0 Å². The van der Waals surface area contributed by atoms with Gasteiger partial charge in [-0.05, 0) is 75.7 Å². The molecule has 2 aromatic heterocycles. The fourth-order valence-corrected chi connectivity index (χ4v) is 3.88. The van der Waals surface area contributed by atoms with Crippen molar-refractivity contribution < 1.29 is 13.9 Å². The third-order valence-electron chi connectivity index (χ3n) is 5.27. The number of hydrazone groups is 1. The zero-order chi connectivity index (χ0) is 22.8. The maximum absolute atomic E-state index is 12.5. The molecule has 32 heavy (non-hydrogen) atoms. The molecule has 164 valence electrons. The number of aryl methyl sites for hydroxylation is 2. The fourth-order valence-electron chi connectivity index (χ4n) is 3.72. The highest BCUT2D eigenvalue weighted by Crippen LogP contribution is 2.26. The molecule has 4 aromatic rings. The first-order valence-corrected chi connectivity index (χ1v) is 10.7. The summed E-state index contributed by atoms with van der Waals surface area (Å²) in [5, 5.41) is 5.61. The van der Waals surface area contributed by atoms with Gasteiger partial charge in [0, 0.05) is 33.0 Å². The van der Waals surface area contributed by atoms with Gasteiger partial charge in [-0.3, -0.25) is 4.79 Å². The number of nitrogens with one attached hydrogen (secondary N) is 1. The van der Waals surface area contributed by atoms with E-state index in [9.17, 15) is 4.79 Å². The number of ether oxygens (including phenoxy) is 1. The molecule has 6 nitrogen and oxygen atoms in total. The number of carbonyl (C=O) groups excluding carboxylic acids is 1. The molecule has 2 heterocycles. The van der Waals surface area contributed by atoms with Gasteiger partial charge in [0.05, 0.1) is 12.8 Å². The van der Waals surface area contributed by atoms with Crippen molar-refractivity contribution in [2.24, 2.45) is 5.10 Å². The topological polar surface area (TPSA) is 68.8 Å². The number of fused-ring (bicyclic) bond motifs is 1. The van der Waals surface area contributed by atoms with Gasteiger partial charge >= 0.3 is 5.91 Å². The van der Waals surface area contributed by atoms with Crippen molar-refractivity contribution in [3.8, 4) is 11.4 Å². The summed E-state index contributed by atoms with van der Waals surface area (Å²) in [6, 6.07) is 14.9. The quantitative estimate of drug-likeness (QED) is 0.291. The van der Waals surface area contributed by atoms with Crippen LogP contribution in [-0.4, -0.2) is 23.3 Å². The Balaban J connectivity index is 1.52. The number of rotatable bonds is 6. The molecular formula is C25H24ClN3O3. The van der Waals surface area contributed by atoms with Gasteiger partial charge in [-0.1, -0.05) is 17.7 Å². The number of furan rings is 1. The number of benzene rings is 2. The zero-order valence-corrected chi connectivity index (χ0v) is 19.2. The van der Waals surface area contributed by atoms with Crippen molar-refractivity contribution in [1.82, 2.24) is 9.99 Å². The van der Waals surface area contributed by atoms with Crippen molar-refractivity contribution >= 4 is 34.7 Å². The molecule has 0 aliphatic heterocycles. The molecule has 0 bridgehead atoms. The molecule has 0 aliphatic rings. The Labute approximate surface area is 191 Å². The second-order valence-corrected chi connectivity index (χ2v) is 7.97. The van der Waals surface area contributed by atoms with Crippen LogP contribution in [0.4, 0.5) is 0 Å². The van der Waals surface area contributed by atoms with Crippen LogP contribution in [0, 0.1) is 20.8 Å². The van der Waals surface area contributed by atoms with Crippen LogP contribution < -0.4 is 10.2 Å². The normalized spacial score (nSPS) is 11.4. The molecule has 7 heteroatoms. The Bertz CT molecular complexity index is 1330. The molecule has 0 atom stereocenters. The van der Waals surface area contributed by atoms with Gasteiger partial charge in [-0.15, -0.1) is 0 Å². The van der Waals surface area contributed by atoms with E-state index in [0.29, 0.717) is 17.2 Å². The Morgan fingerprint density at radius 3 is 2.75 bits per heavy atom. The van der Waals surface area contributed by atoms with E-state index < -0.39 is 5.91 Å². The van der Waals surface area contributed by atoms with E-state index in [1.54, 1.807) is 18.3 Å². The molecule has 1 N–H and O–H groups in total. The van der Waals surface area contributed by atoms with Crippen molar-refractivity contribution in [3.05, 3.63) is 81.8 Å². The average molecular weight is 450 g/mol. The largest absolute Gasteiger partial charge is 0.494 e. The molecule has 2 aromatic carbocycles. The second kappa shape index (κ2) is 8.93. The SMILES string of the molecule is CCOc1ccc2oc(C(=O)N/N=C/c3cc(C)n(-c4cc(Cl)ccc4C)c3C)cc2c1. The monoisotopic (exact) mass is 449 g/mol. The minimum absolute atomic E-state index is 0.186. The van der Waals surface area contributed by atoms with Crippen LogP contribution in [0.25, 0.3) is 16.7 Å². The Hall–Kier alpha value is -3.51. The van der Waals surface area contributed by atoms with Crippen LogP contribution in [0.3, 0.4) is 0 Å². The third-order valence-corrected chi connectivity index (χ3v) is 5.51. The van der Waals surface area contributed by atoms with E-state index in [4.69, 9.17) is 20.8 Å². The molecule has 0 aliphatic carbocycles. The summed E-state index contributed by atoms with van der Waals surface area (Å²) in [4.78, 5) is 12.5. The number of carbonyl (C=O) groups is 1. The van der Waals surface area contributed by atoms with E-state index in [-0.39, 0.29) is 5.76 Å².